The first-order valence-corrected chi connectivity index (χ1v) is 14.8. The largest absolute Gasteiger partial charge is 0.335 e. The highest BCUT2D eigenvalue weighted by Crippen LogP contribution is 2.39. The Hall–Kier alpha value is -4.08. The van der Waals surface area contributed by atoms with Crippen LogP contribution >= 0.6 is 0 Å². The van der Waals surface area contributed by atoms with Crippen LogP contribution in [-0.2, 0) is 32.2 Å². The quantitative estimate of drug-likeness (QED) is 0.0886. The summed E-state index contributed by atoms with van der Waals surface area (Å²) in [7, 11) is 0. The lowest BCUT2D eigenvalue weighted by Crippen LogP contribution is -2.09. The van der Waals surface area contributed by atoms with Crippen molar-refractivity contribution in [1.29, 1.82) is 0 Å². The van der Waals surface area contributed by atoms with E-state index in [1.165, 1.54) is 6.07 Å². The Labute approximate surface area is 246 Å². The molecule has 0 aliphatic carbocycles. The summed E-state index contributed by atoms with van der Waals surface area (Å²) in [5, 5.41) is 22.4. The molecule has 42 heavy (non-hydrogen) atoms. The number of aryl methyl sites for hydroxylation is 2. The third kappa shape index (κ3) is 7.21. The van der Waals surface area contributed by atoms with E-state index in [0.717, 1.165) is 22.0 Å². The van der Waals surface area contributed by atoms with Crippen molar-refractivity contribution in [2.75, 3.05) is 0 Å². The summed E-state index contributed by atoms with van der Waals surface area (Å²) in [4.78, 5) is 46.3. The van der Waals surface area contributed by atoms with E-state index in [2.05, 4.69) is 24.2 Å². The fraction of sp³-hybridized carbons (Fsp3) is 0.500. The number of non-ortho nitro benzene ring substituents is 1. The average Bonchev–Trinajstić information content (AvgIpc) is 3.28. The van der Waals surface area contributed by atoms with Gasteiger partial charge in [0.2, 0.25) is 0 Å². The maximum Gasteiger partial charge on any atom is 0.334 e. The molecule has 1 aromatic heterocycles. The van der Waals surface area contributed by atoms with Crippen molar-refractivity contribution < 1.29 is 24.2 Å². The minimum atomic E-state index is -0.479. The second-order valence-corrected chi connectivity index (χ2v) is 11.2. The zero-order valence-electron chi connectivity index (χ0n) is 25.9. The standard InChI is InChI=1S/C32H42N4O6/c1-9-21-15-22(26(13-19(5)6)33-41-29(37)10-2)16-24-25-17-23(27(14-20(7)8)34-42-30(38)11-3)18-28(36(39)40)32(25)35(12-4)31(21)24/h15-20H,9-14H2,1-8H3/b33-26+,34-27+. The van der Waals surface area contributed by atoms with E-state index in [1.807, 2.05) is 50.5 Å². The topological polar surface area (TPSA) is 125 Å². The zero-order valence-corrected chi connectivity index (χ0v) is 25.9. The number of aromatic nitrogens is 1. The summed E-state index contributed by atoms with van der Waals surface area (Å²) in [6, 6.07) is 7.44. The molecule has 10 nitrogen and oxygen atoms in total. The van der Waals surface area contributed by atoms with Crippen molar-refractivity contribution in [3.63, 3.8) is 0 Å². The Morgan fingerprint density at radius 1 is 0.810 bits per heavy atom. The summed E-state index contributed by atoms with van der Waals surface area (Å²) in [5.41, 5.74) is 4.81. The van der Waals surface area contributed by atoms with Crippen LogP contribution in [0, 0.1) is 22.0 Å². The molecular formula is C32H42N4O6. The van der Waals surface area contributed by atoms with Crippen LogP contribution in [0.5, 0.6) is 0 Å². The van der Waals surface area contributed by atoms with Gasteiger partial charge in [0, 0.05) is 47.4 Å². The number of carbonyl (C=O) groups excluding carboxylic acids is 2. The van der Waals surface area contributed by atoms with Crippen LogP contribution in [0.15, 0.2) is 34.6 Å². The van der Waals surface area contributed by atoms with Crippen LogP contribution in [0.25, 0.3) is 21.8 Å². The number of benzene rings is 2. The maximum atomic E-state index is 12.5. The van der Waals surface area contributed by atoms with Crippen LogP contribution in [0.3, 0.4) is 0 Å². The molecule has 0 bridgehead atoms. The number of nitro benzene ring substituents is 1. The van der Waals surface area contributed by atoms with E-state index in [-0.39, 0.29) is 35.3 Å². The van der Waals surface area contributed by atoms with Crippen molar-refractivity contribution in [1.82, 2.24) is 4.57 Å². The van der Waals surface area contributed by atoms with Crippen molar-refractivity contribution in [2.24, 2.45) is 22.1 Å². The minimum absolute atomic E-state index is 0.0459. The van der Waals surface area contributed by atoms with Crippen molar-refractivity contribution in [3.05, 3.63) is 51.1 Å². The summed E-state index contributed by atoms with van der Waals surface area (Å²) < 4.78 is 1.99. The van der Waals surface area contributed by atoms with E-state index in [0.29, 0.717) is 53.7 Å². The Morgan fingerprint density at radius 2 is 1.29 bits per heavy atom. The highest BCUT2D eigenvalue weighted by atomic mass is 16.7. The normalized spacial score (nSPS) is 12.5. The number of nitro groups is 1. The van der Waals surface area contributed by atoms with E-state index in [4.69, 9.17) is 9.68 Å². The van der Waals surface area contributed by atoms with Gasteiger partial charge < -0.3 is 14.2 Å². The number of oxime groups is 2. The number of fused-ring (bicyclic) bond motifs is 3. The van der Waals surface area contributed by atoms with Gasteiger partial charge in [-0.2, -0.15) is 0 Å². The molecule has 2 aromatic carbocycles. The van der Waals surface area contributed by atoms with Crippen LogP contribution < -0.4 is 0 Å². The third-order valence-electron chi connectivity index (χ3n) is 6.96. The molecule has 10 heteroatoms. The average molecular weight is 579 g/mol. The summed E-state index contributed by atoms with van der Waals surface area (Å²) in [5.74, 6) is -0.492. The lowest BCUT2D eigenvalue weighted by molar-refractivity contribution is -0.383. The van der Waals surface area contributed by atoms with Gasteiger partial charge in [0.15, 0.2) is 0 Å². The van der Waals surface area contributed by atoms with E-state index in [1.54, 1.807) is 13.8 Å². The second-order valence-electron chi connectivity index (χ2n) is 11.2. The molecule has 1 heterocycles. The predicted octanol–water partition coefficient (Wildman–Crippen LogP) is 7.69. The second kappa shape index (κ2) is 14.2. The highest BCUT2D eigenvalue weighted by Gasteiger charge is 2.26. The van der Waals surface area contributed by atoms with Crippen molar-refractivity contribution in [3.8, 4) is 0 Å². The smallest absolute Gasteiger partial charge is 0.334 e. The highest BCUT2D eigenvalue weighted by molar-refractivity contribution is 6.17. The third-order valence-corrected chi connectivity index (χ3v) is 6.96. The number of rotatable bonds is 13. The fourth-order valence-corrected chi connectivity index (χ4v) is 5.03. The molecule has 0 N–H and O–H groups in total. The van der Waals surface area contributed by atoms with Gasteiger partial charge in [0.25, 0.3) is 5.69 Å². The molecule has 226 valence electrons. The van der Waals surface area contributed by atoms with Crippen molar-refractivity contribution >= 4 is 50.9 Å². The van der Waals surface area contributed by atoms with Gasteiger partial charge in [0.1, 0.15) is 5.52 Å². The molecule has 0 spiro atoms. The molecule has 0 unspecified atom stereocenters. The van der Waals surface area contributed by atoms with Crippen molar-refractivity contribution in [2.45, 2.75) is 94.0 Å². The summed E-state index contributed by atoms with van der Waals surface area (Å²) in [6.07, 6.45) is 2.10. The van der Waals surface area contributed by atoms with Gasteiger partial charge in [-0.05, 0) is 61.8 Å². The van der Waals surface area contributed by atoms with Crippen LogP contribution in [0.2, 0.25) is 0 Å². The number of nitrogens with zero attached hydrogens (tertiary/aromatic N) is 4. The van der Waals surface area contributed by atoms with Gasteiger partial charge in [-0.1, -0.05) is 58.8 Å². The molecule has 0 aliphatic rings. The molecule has 0 radical (unpaired) electrons. The van der Waals surface area contributed by atoms with Gasteiger partial charge >= 0.3 is 11.9 Å². The molecule has 0 amide bonds. The maximum absolute atomic E-state index is 12.5. The number of carbonyl (C=O) groups is 2. The first kappa shape index (κ1) is 32.4. The molecule has 0 atom stereocenters. The number of hydrogen-bond acceptors (Lipinski definition) is 8. The molecule has 0 saturated heterocycles. The summed E-state index contributed by atoms with van der Waals surface area (Å²) >= 11 is 0. The Kier molecular flexibility index (Phi) is 11.0. The predicted molar refractivity (Wildman–Crippen MR) is 166 cm³/mol. The molecular weight excluding hydrogens is 536 g/mol. The Bertz CT molecular complexity index is 1550. The SMILES string of the molecule is CCC(=O)O/N=C(\CC(C)C)c1cc(CC)c2c(c1)c1cc(/C(CC(C)C)=N/OC(=O)CC)cc([N+](=O)[O-])c1n2CC. The van der Waals surface area contributed by atoms with Gasteiger partial charge in [-0.15, -0.1) is 0 Å². The lowest BCUT2D eigenvalue weighted by Gasteiger charge is -2.13. The first-order valence-electron chi connectivity index (χ1n) is 14.8. The van der Waals surface area contributed by atoms with Crippen LogP contribution in [0.1, 0.15) is 97.8 Å². The minimum Gasteiger partial charge on any atom is -0.335 e. The van der Waals surface area contributed by atoms with E-state index >= 15 is 0 Å². The van der Waals surface area contributed by atoms with E-state index < -0.39 is 11.9 Å². The monoisotopic (exact) mass is 578 g/mol. The molecule has 0 fully saturated rings. The molecule has 3 rings (SSSR count). The van der Waals surface area contributed by atoms with Crippen LogP contribution in [0.4, 0.5) is 5.69 Å². The molecule has 0 aliphatic heterocycles. The van der Waals surface area contributed by atoms with Gasteiger partial charge in [0.05, 0.1) is 21.9 Å². The van der Waals surface area contributed by atoms with E-state index in [9.17, 15) is 19.7 Å². The Morgan fingerprint density at radius 3 is 1.69 bits per heavy atom. The Balaban J connectivity index is 2.45. The zero-order chi connectivity index (χ0) is 31.1. The number of hydrogen-bond donors (Lipinski definition) is 0. The van der Waals surface area contributed by atoms with Gasteiger partial charge in [-0.25, -0.2) is 9.59 Å². The van der Waals surface area contributed by atoms with Gasteiger partial charge in [-0.3, -0.25) is 10.1 Å². The summed E-state index contributed by atoms with van der Waals surface area (Å²) in [6.45, 7) is 16.1. The van der Waals surface area contributed by atoms with Crippen LogP contribution in [-0.4, -0.2) is 32.9 Å². The fourth-order valence-electron chi connectivity index (χ4n) is 5.03. The molecule has 3 aromatic rings. The first-order chi connectivity index (χ1) is 19.9. The molecule has 0 saturated carbocycles. The lowest BCUT2D eigenvalue weighted by atomic mass is 9.94.